The van der Waals surface area contributed by atoms with E-state index in [1.807, 2.05) is 6.07 Å². The molecule has 2 aromatic rings. The van der Waals surface area contributed by atoms with Crippen LogP contribution in [0.15, 0.2) is 66.1 Å². The van der Waals surface area contributed by atoms with Crippen LogP contribution < -0.4 is 10.2 Å². The zero-order valence-electron chi connectivity index (χ0n) is 13.3. The molecular formula is C18H17FN2O3S. The molecule has 0 fully saturated rings. The fourth-order valence-corrected chi connectivity index (χ4v) is 3.96. The first kappa shape index (κ1) is 17.2. The van der Waals surface area contributed by atoms with Gasteiger partial charge in [-0.1, -0.05) is 30.3 Å². The van der Waals surface area contributed by atoms with Crippen molar-refractivity contribution < 1.29 is 17.6 Å². The average molecular weight is 360 g/mol. The molecule has 0 saturated carbocycles. The Balaban J connectivity index is 1.81. The number of anilines is 2. The van der Waals surface area contributed by atoms with Gasteiger partial charge in [-0.05, 0) is 30.3 Å². The lowest BCUT2D eigenvalue weighted by Crippen LogP contribution is -2.44. The van der Waals surface area contributed by atoms with Crippen molar-refractivity contribution in [2.24, 2.45) is 0 Å². The molecule has 0 bridgehead atoms. The van der Waals surface area contributed by atoms with Gasteiger partial charge in [0.15, 0.2) is 9.84 Å². The van der Waals surface area contributed by atoms with Crippen LogP contribution in [-0.2, 0) is 14.6 Å². The number of hydrogen-bond donors (Lipinski definition) is 1. The first-order chi connectivity index (χ1) is 12.0. The molecule has 0 aliphatic carbocycles. The molecular weight excluding hydrogens is 343 g/mol. The fraction of sp³-hybridized carbons (Fsp3) is 0.167. The predicted octanol–water partition coefficient (Wildman–Crippen LogP) is 2.58. The first-order valence-corrected chi connectivity index (χ1v) is 9.44. The van der Waals surface area contributed by atoms with Crippen molar-refractivity contribution in [3.63, 3.8) is 0 Å². The van der Waals surface area contributed by atoms with E-state index in [0.717, 1.165) is 5.41 Å². The summed E-state index contributed by atoms with van der Waals surface area (Å²) in [5, 5.41) is 3.90. The Morgan fingerprint density at radius 3 is 2.44 bits per heavy atom. The Kier molecular flexibility index (Phi) is 4.85. The van der Waals surface area contributed by atoms with Crippen molar-refractivity contribution >= 4 is 27.1 Å². The fourth-order valence-electron chi connectivity index (χ4n) is 2.69. The number of hydrogen-bond acceptors (Lipinski definition) is 4. The number of rotatable bonds is 5. The van der Waals surface area contributed by atoms with Gasteiger partial charge in [-0.2, -0.15) is 0 Å². The molecule has 130 valence electrons. The normalized spacial score (nSPS) is 18.0. The first-order valence-electron chi connectivity index (χ1n) is 7.73. The number of para-hydroxylation sites is 2. The Morgan fingerprint density at radius 1 is 1.12 bits per heavy atom. The molecule has 0 aromatic heterocycles. The second kappa shape index (κ2) is 7.06. The summed E-state index contributed by atoms with van der Waals surface area (Å²) < 4.78 is 37.2. The lowest BCUT2D eigenvalue weighted by atomic mass is 10.2. The third-order valence-corrected chi connectivity index (χ3v) is 5.23. The van der Waals surface area contributed by atoms with Crippen molar-refractivity contribution in [3.05, 3.63) is 71.9 Å². The molecule has 0 saturated heterocycles. The number of nitrogens with zero attached hydrogens (tertiary/aromatic N) is 1. The molecule has 0 radical (unpaired) electrons. The van der Waals surface area contributed by atoms with E-state index in [0.29, 0.717) is 5.69 Å². The van der Waals surface area contributed by atoms with E-state index in [2.05, 4.69) is 5.32 Å². The highest BCUT2D eigenvalue weighted by Crippen LogP contribution is 2.23. The number of halogens is 1. The molecule has 5 nitrogen and oxygen atoms in total. The molecule has 3 rings (SSSR count). The lowest BCUT2D eigenvalue weighted by molar-refractivity contribution is -0.117. The minimum Gasteiger partial charge on any atom is -0.374 e. The SMILES string of the molecule is O=C(CNc1ccccc1F)N(c1ccccc1)C1C=CS(=O)(=O)C1. The minimum absolute atomic E-state index is 0.153. The standard InChI is InChI=1S/C18H17FN2O3S/c19-16-8-4-5-9-17(16)20-12-18(22)21(14-6-2-1-3-7-14)15-10-11-25(23,24)13-15/h1-11,15,20H,12-13H2. The van der Waals surface area contributed by atoms with E-state index in [1.165, 1.54) is 23.1 Å². The number of carbonyl (C=O) groups is 1. The largest absolute Gasteiger partial charge is 0.374 e. The van der Waals surface area contributed by atoms with Gasteiger partial charge in [0.2, 0.25) is 5.91 Å². The molecule has 1 aliphatic rings. The average Bonchev–Trinajstić information content (AvgIpc) is 2.95. The van der Waals surface area contributed by atoms with Crippen LogP contribution in [0.1, 0.15) is 0 Å². The van der Waals surface area contributed by atoms with Crippen LogP contribution >= 0.6 is 0 Å². The predicted molar refractivity (Wildman–Crippen MR) is 95.5 cm³/mol. The van der Waals surface area contributed by atoms with Crippen LogP contribution in [-0.4, -0.2) is 32.7 Å². The van der Waals surface area contributed by atoms with E-state index in [-0.39, 0.29) is 23.9 Å². The van der Waals surface area contributed by atoms with Gasteiger partial charge in [0.1, 0.15) is 5.82 Å². The van der Waals surface area contributed by atoms with Crippen molar-refractivity contribution in [2.45, 2.75) is 6.04 Å². The van der Waals surface area contributed by atoms with Gasteiger partial charge in [0.05, 0.1) is 24.0 Å². The summed E-state index contributed by atoms with van der Waals surface area (Å²) >= 11 is 0. The van der Waals surface area contributed by atoms with Crippen LogP contribution in [0.25, 0.3) is 0 Å². The molecule has 0 spiro atoms. The highest BCUT2D eigenvalue weighted by molar-refractivity contribution is 7.94. The minimum atomic E-state index is -3.31. The van der Waals surface area contributed by atoms with Gasteiger partial charge >= 0.3 is 0 Å². The van der Waals surface area contributed by atoms with Crippen molar-refractivity contribution in [2.75, 3.05) is 22.5 Å². The molecule has 1 heterocycles. The van der Waals surface area contributed by atoms with E-state index < -0.39 is 21.7 Å². The Bertz CT molecular complexity index is 898. The Morgan fingerprint density at radius 2 is 1.80 bits per heavy atom. The number of sulfone groups is 1. The number of nitrogens with one attached hydrogen (secondary N) is 1. The monoisotopic (exact) mass is 360 g/mol. The molecule has 25 heavy (non-hydrogen) atoms. The van der Waals surface area contributed by atoms with Crippen molar-refractivity contribution in [1.82, 2.24) is 0 Å². The summed E-state index contributed by atoms with van der Waals surface area (Å²) in [6.45, 7) is -0.153. The molecule has 7 heteroatoms. The highest BCUT2D eigenvalue weighted by Gasteiger charge is 2.31. The third kappa shape index (κ3) is 4.06. The van der Waals surface area contributed by atoms with Gasteiger partial charge in [-0.15, -0.1) is 0 Å². The zero-order chi connectivity index (χ0) is 17.9. The number of amides is 1. The number of carbonyl (C=O) groups excluding carboxylic acids is 1. The highest BCUT2D eigenvalue weighted by atomic mass is 32.2. The van der Waals surface area contributed by atoms with Gasteiger partial charge < -0.3 is 10.2 Å². The van der Waals surface area contributed by atoms with Crippen molar-refractivity contribution in [3.8, 4) is 0 Å². The topological polar surface area (TPSA) is 66.5 Å². The summed E-state index contributed by atoms with van der Waals surface area (Å²) in [6, 6.07) is 14.3. The number of benzene rings is 2. The quantitative estimate of drug-likeness (QED) is 0.890. The van der Waals surface area contributed by atoms with Crippen LogP contribution in [0.5, 0.6) is 0 Å². The summed E-state index contributed by atoms with van der Waals surface area (Å²) in [6.07, 6.45) is 1.50. The molecule has 1 amide bonds. The van der Waals surface area contributed by atoms with Crippen LogP contribution in [0.4, 0.5) is 15.8 Å². The molecule has 2 aromatic carbocycles. The maximum absolute atomic E-state index is 13.7. The summed E-state index contributed by atoms with van der Waals surface area (Å²) in [4.78, 5) is 14.2. The van der Waals surface area contributed by atoms with E-state index >= 15 is 0 Å². The van der Waals surface area contributed by atoms with Gasteiger partial charge in [0, 0.05) is 11.1 Å². The molecule has 1 N–H and O–H groups in total. The van der Waals surface area contributed by atoms with Gasteiger partial charge in [-0.3, -0.25) is 4.79 Å². The molecule has 1 atom stereocenters. The van der Waals surface area contributed by atoms with Crippen LogP contribution in [0, 0.1) is 5.82 Å². The summed E-state index contributed by atoms with van der Waals surface area (Å²) in [5.74, 6) is -0.959. The third-order valence-electron chi connectivity index (χ3n) is 3.85. The van der Waals surface area contributed by atoms with E-state index in [9.17, 15) is 17.6 Å². The zero-order valence-corrected chi connectivity index (χ0v) is 14.1. The smallest absolute Gasteiger partial charge is 0.246 e. The second-order valence-electron chi connectivity index (χ2n) is 5.66. The maximum Gasteiger partial charge on any atom is 0.246 e. The van der Waals surface area contributed by atoms with Gasteiger partial charge in [-0.25, -0.2) is 12.8 Å². The van der Waals surface area contributed by atoms with Crippen LogP contribution in [0.2, 0.25) is 0 Å². The Labute approximate surface area is 145 Å². The maximum atomic E-state index is 13.7. The Hall–Kier alpha value is -2.67. The molecule has 1 aliphatic heterocycles. The van der Waals surface area contributed by atoms with Crippen LogP contribution in [0.3, 0.4) is 0 Å². The van der Waals surface area contributed by atoms with Gasteiger partial charge in [0.25, 0.3) is 0 Å². The van der Waals surface area contributed by atoms with Crippen molar-refractivity contribution in [1.29, 1.82) is 0 Å². The van der Waals surface area contributed by atoms with E-state index in [4.69, 9.17) is 0 Å². The molecule has 1 unspecified atom stereocenters. The van der Waals surface area contributed by atoms with E-state index in [1.54, 1.807) is 36.4 Å². The lowest BCUT2D eigenvalue weighted by Gasteiger charge is -2.28. The summed E-state index contributed by atoms with van der Waals surface area (Å²) in [5.41, 5.74) is 0.813. The second-order valence-corrected chi connectivity index (χ2v) is 7.59. The summed E-state index contributed by atoms with van der Waals surface area (Å²) in [7, 11) is -3.31.